The van der Waals surface area contributed by atoms with Crippen LogP contribution >= 0.6 is 0 Å². The average Bonchev–Trinajstić information content (AvgIpc) is 3.10. The highest BCUT2D eigenvalue weighted by atomic mass is 14.9. The van der Waals surface area contributed by atoms with Crippen molar-refractivity contribution in [3.8, 4) is 0 Å². The van der Waals surface area contributed by atoms with Gasteiger partial charge >= 0.3 is 0 Å². The van der Waals surface area contributed by atoms with Gasteiger partial charge in [0.1, 0.15) is 5.65 Å². The molecule has 2 N–H and O–H groups in total. The number of hydrogen-bond acceptors (Lipinski definition) is 2. The Morgan fingerprint density at radius 3 is 2.56 bits per heavy atom. The number of fused-ring (bicyclic) bond motifs is 1. The topological polar surface area (TPSA) is 40.7 Å². The molecule has 0 saturated carbocycles. The maximum Gasteiger partial charge on any atom is 0.137 e. The van der Waals surface area contributed by atoms with Gasteiger partial charge in [0, 0.05) is 35.6 Å². The molecule has 0 radical (unpaired) electrons. The van der Waals surface area contributed by atoms with E-state index in [1.54, 1.807) is 6.20 Å². The summed E-state index contributed by atoms with van der Waals surface area (Å²) in [5.41, 5.74) is 5.64. The van der Waals surface area contributed by atoms with Crippen molar-refractivity contribution < 1.29 is 0 Å². The third kappa shape index (κ3) is 3.61. The smallest absolute Gasteiger partial charge is 0.137 e. The molecule has 122 valence electrons. The van der Waals surface area contributed by atoms with Gasteiger partial charge in [-0.1, -0.05) is 54.6 Å². The van der Waals surface area contributed by atoms with E-state index in [1.807, 2.05) is 18.3 Å². The molecular formula is C22H19N3. The van der Waals surface area contributed by atoms with Crippen LogP contribution in [0.3, 0.4) is 0 Å². The van der Waals surface area contributed by atoms with Gasteiger partial charge in [0.2, 0.25) is 0 Å². The fourth-order valence-electron chi connectivity index (χ4n) is 2.81. The lowest BCUT2D eigenvalue weighted by molar-refractivity contribution is 1.15. The van der Waals surface area contributed by atoms with Gasteiger partial charge in [-0.15, -0.1) is 0 Å². The van der Waals surface area contributed by atoms with Crippen LogP contribution in [0.1, 0.15) is 16.7 Å². The zero-order valence-corrected chi connectivity index (χ0v) is 13.8. The molecule has 4 aromatic rings. The molecule has 0 aliphatic rings. The zero-order chi connectivity index (χ0) is 16.9. The first-order valence-corrected chi connectivity index (χ1v) is 8.36. The lowest BCUT2D eigenvalue weighted by atomic mass is 10.1. The minimum Gasteiger partial charge on any atom is -0.381 e. The van der Waals surface area contributed by atoms with Crippen LogP contribution < -0.4 is 5.32 Å². The Bertz CT molecular complexity index is 983. The Kier molecular flexibility index (Phi) is 4.29. The molecule has 0 atom stereocenters. The molecule has 4 rings (SSSR count). The van der Waals surface area contributed by atoms with Crippen molar-refractivity contribution in [3.63, 3.8) is 0 Å². The van der Waals surface area contributed by atoms with Crippen molar-refractivity contribution in [2.24, 2.45) is 0 Å². The molecule has 0 aliphatic heterocycles. The molecule has 0 bridgehead atoms. The zero-order valence-electron chi connectivity index (χ0n) is 13.8. The van der Waals surface area contributed by atoms with Crippen LogP contribution in [0.25, 0.3) is 23.2 Å². The van der Waals surface area contributed by atoms with Crippen molar-refractivity contribution in [1.29, 1.82) is 0 Å². The highest BCUT2D eigenvalue weighted by molar-refractivity contribution is 5.89. The summed E-state index contributed by atoms with van der Waals surface area (Å²) in [6.07, 6.45) is 8.03. The first kappa shape index (κ1) is 15.2. The highest BCUT2D eigenvalue weighted by Gasteiger charge is 2.00. The van der Waals surface area contributed by atoms with E-state index in [9.17, 15) is 0 Å². The van der Waals surface area contributed by atoms with Crippen LogP contribution in [0, 0.1) is 0 Å². The monoisotopic (exact) mass is 325 g/mol. The number of nitrogens with one attached hydrogen (secondary N) is 2. The van der Waals surface area contributed by atoms with E-state index in [0.29, 0.717) is 0 Å². The van der Waals surface area contributed by atoms with Crippen LogP contribution in [-0.4, -0.2) is 9.97 Å². The maximum atomic E-state index is 4.32. The van der Waals surface area contributed by atoms with Crippen LogP contribution in [-0.2, 0) is 6.54 Å². The second kappa shape index (κ2) is 7.05. The lowest BCUT2D eigenvalue weighted by Gasteiger charge is -2.06. The standard InChI is InChI=1S/C22H19N3/c1-2-5-18(6-3-1)15-24-20-12-9-17(10-13-20)8-11-19-16-25-22-21(19)7-4-14-23-22/h1-14,16,24H,15H2,(H,23,25)/b11-8+. The Labute approximate surface area is 147 Å². The molecule has 2 aromatic carbocycles. The molecule has 2 heterocycles. The van der Waals surface area contributed by atoms with Crippen molar-refractivity contribution in [3.05, 3.63) is 95.8 Å². The number of hydrogen-bond donors (Lipinski definition) is 2. The molecular weight excluding hydrogens is 306 g/mol. The fraction of sp³-hybridized carbons (Fsp3) is 0.0455. The molecule has 0 amide bonds. The SMILES string of the molecule is C(=C\c1c[nH]c2ncccc12)/c1ccc(NCc2ccccc2)cc1. The van der Waals surface area contributed by atoms with Crippen LogP contribution in [0.4, 0.5) is 5.69 Å². The highest BCUT2D eigenvalue weighted by Crippen LogP contribution is 2.19. The number of rotatable bonds is 5. The Morgan fingerprint density at radius 2 is 1.72 bits per heavy atom. The third-order valence-corrected chi connectivity index (χ3v) is 4.19. The van der Waals surface area contributed by atoms with Gasteiger partial charge in [-0.25, -0.2) is 4.98 Å². The number of pyridine rings is 1. The predicted octanol–water partition coefficient (Wildman–Crippen LogP) is 5.35. The van der Waals surface area contributed by atoms with E-state index in [0.717, 1.165) is 28.8 Å². The van der Waals surface area contributed by atoms with E-state index in [1.165, 1.54) is 11.1 Å². The minimum atomic E-state index is 0.832. The summed E-state index contributed by atoms with van der Waals surface area (Å²) in [6.45, 7) is 0.832. The maximum absolute atomic E-state index is 4.32. The molecule has 3 heteroatoms. The van der Waals surface area contributed by atoms with Crippen molar-refractivity contribution in [1.82, 2.24) is 9.97 Å². The van der Waals surface area contributed by atoms with Crippen LogP contribution in [0.2, 0.25) is 0 Å². The molecule has 0 unspecified atom stereocenters. The molecule has 0 fully saturated rings. The Morgan fingerprint density at radius 1 is 0.880 bits per heavy atom. The summed E-state index contributed by atoms with van der Waals surface area (Å²) < 4.78 is 0. The second-order valence-corrected chi connectivity index (χ2v) is 5.94. The lowest BCUT2D eigenvalue weighted by Crippen LogP contribution is -1.98. The van der Waals surface area contributed by atoms with E-state index >= 15 is 0 Å². The first-order valence-electron chi connectivity index (χ1n) is 8.36. The van der Waals surface area contributed by atoms with E-state index in [-0.39, 0.29) is 0 Å². The summed E-state index contributed by atoms with van der Waals surface area (Å²) in [5.74, 6) is 0. The number of anilines is 1. The fourth-order valence-corrected chi connectivity index (χ4v) is 2.81. The summed E-state index contributed by atoms with van der Waals surface area (Å²) in [6, 6.07) is 22.9. The van der Waals surface area contributed by atoms with E-state index < -0.39 is 0 Å². The summed E-state index contributed by atoms with van der Waals surface area (Å²) in [4.78, 5) is 7.51. The second-order valence-electron chi connectivity index (χ2n) is 5.94. The summed E-state index contributed by atoms with van der Waals surface area (Å²) in [7, 11) is 0. The van der Waals surface area contributed by atoms with Gasteiger partial charge in [0.15, 0.2) is 0 Å². The molecule has 0 saturated heterocycles. The molecule has 0 spiro atoms. The van der Waals surface area contributed by atoms with Gasteiger partial charge in [-0.05, 0) is 35.4 Å². The number of aromatic nitrogens is 2. The van der Waals surface area contributed by atoms with Gasteiger partial charge < -0.3 is 10.3 Å². The first-order chi connectivity index (χ1) is 12.4. The largest absolute Gasteiger partial charge is 0.381 e. The van der Waals surface area contributed by atoms with Gasteiger partial charge in [0.25, 0.3) is 0 Å². The average molecular weight is 325 g/mol. The number of aromatic amines is 1. The van der Waals surface area contributed by atoms with Crippen molar-refractivity contribution in [2.75, 3.05) is 5.32 Å². The van der Waals surface area contributed by atoms with Gasteiger partial charge in [0.05, 0.1) is 0 Å². The third-order valence-electron chi connectivity index (χ3n) is 4.19. The van der Waals surface area contributed by atoms with E-state index in [2.05, 4.69) is 82.0 Å². The molecule has 0 aliphatic carbocycles. The van der Waals surface area contributed by atoms with Crippen LogP contribution in [0.15, 0.2) is 79.1 Å². The summed E-state index contributed by atoms with van der Waals surface area (Å²) >= 11 is 0. The number of benzene rings is 2. The van der Waals surface area contributed by atoms with Gasteiger partial charge in [-0.3, -0.25) is 0 Å². The molecule has 3 nitrogen and oxygen atoms in total. The predicted molar refractivity (Wildman–Crippen MR) is 105 cm³/mol. The van der Waals surface area contributed by atoms with Crippen LogP contribution in [0.5, 0.6) is 0 Å². The van der Waals surface area contributed by atoms with Crippen molar-refractivity contribution >= 4 is 28.9 Å². The Hall–Kier alpha value is -3.33. The minimum absolute atomic E-state index is 0.832. The van der Waals surface area contributed by atoms with Crippen molar-refractivity contribution in [2.45, 2.75) is 6.54 Å². The normalized spacial score (nSPS) is 11.2. The summed E-state index contributed by atoms with van der Waals surface area (Å²) in [5, 5.41) is 4.58. The number of H-pyrrole nitrogens is 1. The molecule has 2 aromatic heterocycles. The Balaban J connectivity index is 1.43. The van der Waals surface area contributed by atoms with Gasteiger partial charge in [-0.2, -0.15) is 0 Å². The quantitative estimate of drug-likeness (QED) is 0.519. The number of nitrogens with zero attached hydrogens (tertiary/aromatic N) is 1. The van der Waals surface area contributed by atoms with E-state index in [4.69, 9.17) is 0 Å². The molecule has 25 heavy (non-hydrogen) atoms.